The van der Waals surface area contributed by atoms with E-state index >= 15 is 0 Å². The first-order valence-corrected chi connectivity index (χ1v) is 5.83. The van der Waals surface area contributed by atoms with Gasteiger partial charge in [0.2, 0.25) is 0 Å². The smallest absolute Gasteiger partial charge is 0.165 e. The monoisotopic (exact) mass is 223 g/mol. The van der Waals surface area contributed by atoms with Gasteiger partial charge in [-0.1, -0.05) is 6.07 Å². The Labute approximate surface area is 95.6 Å². The number of rotatable bonds is 2. The minimum Gasteiger partial charge on any atom is -0.487 e. The summed E-state index contributed by atoms with van der Waals surface area (Å²) >= 11 is 0. The number of benzene rings is 1. The minimum atomic E-state index is -0.269. The summed E-state index contributed by atoms with van der Waals surface area (Å²) in [7, 11) is 0. The molecule has 0 atom stereocenters. The van der Waals surface area contributed by atoms with Crippen LogP contribution in [-0.4, -0.2) is 12.1 Å². The molecule has 0 spiro atoms. The second kappa shape index (κ2) is 4.83. The van der Waals surface area contributed by atoms with Gasteiger partial charge in [0.05, 0.1) is 6.10 Å². The molecule has 3 heteroatoms. The molecule has 1 aromatic carbocycles. The topological polar surface area (TPSA) is 35.2 Å². The zero-order chi connectivity index (χ0) is 11.5. The molecular formula is C13H18FNO. The average Bonchev–Trinajstić information content (AvgIpc) is 2.25. The quantitative estimate of drug-likeness (QED) is 0.836. The molecule has 1 aliphatic rings. The lowest BCUT2D eigenvalue weighted by molar-refractivity contribution is 0.141. The molecule has 0 saturated heterocycles. The zero-order valence-electron chi connectivity index (χ0n) is 9.58. The van der Waals surface area contributed by atoms with Gasteiger partial charge in [-0.2, -0.15) is 0 Å². The van der Waals surface area contributed by atoms with Crippen molar-refractivity contribution in [2.24, 2.45) is 5.73 Å². The van der Waals surface area contributed by atoms with E-state index in [1.165, 1.54) is 6.07 Å². The van der Waals surface area contributed by atoms with Crippen molar-refractivity contribution in [3.8, 4) is 5.75 Å². The van der Waals surface area contributed by atoms with Crippen LogP contribution in [0.4, 0.5) is 4.39 Å². The van der Waals surface area contributed by atoms with E-state index in [1.807, 2.05) is 13.0 Å². The number of hydrogen-bond donors (Lipinski definition) is 1. The fraction of sp³-hybridized carbons (Fsp3) is 0.538. The van der Waals surface area contributed by atoms with Gasteiger partial charge in [-0.25, -0.2) is 4.39 Å². The van der Waals surface area contributed by atoms with Crippen molar-refractivity contribution in [1.29, 1.82) is 0 Å². The lowest BCUT2D eigenvalue weighted by Crippen LogP contribution is -2.31. The highest BCUT2D eigenvalue weighted by molar-refractivity contribution is 5.28. The summed E-state index contributed by atoms with van der Waals surface area (Å²) in [6.07, 6.45) is 3.91. The number of ether oxygens (including phenoxy) is 1. The molecule has 2 nitrogen and oxygen atoms in total. The van der Waals surface area contributed by atoms with Crippen LogP contribution >= 0.6 is 0 Å². The van der Waals surface area contributed by atoms with Crippen molar-refractivity contribution in [3.05, 3.63) is 29.6 Å². The summed E-state index contributed by atoms with van der Waals surface area (Å²) in [5, 5.41) is 0. The van der Waals surface area contributed by atoms with E-state index in [1.54, 1.807) is 6.07 Å². The van der Waals surface area contributed by atoms with E-state index < -0.39 is 0 Å². The average molecular weight is 223 g/mol. The van der Waals surface area contributed by atoms with Gasteiger partial charge in [-0.05, 0) is 50.3 Å². The summed E-state index contributed by atoms with van der Waals surface area (Å²) in [6, 6.07) is 5.37. The van der Waals surface area contributed by atoms with Gasteiger partial charge in [0, 0.05) is 6.04 Å². The maximum atomic E-state index is 13.5. The normalized spacial score (nSPS) is 25.4. The molecule has 1 fully saturated rings. The van der Waals surface area contributed by atoms with Gasteiger partial charge < -0.3 is 10.5 Å². The van der Waals surface area contributed by atoms with E-state index in [0.29, 0.717) is 11.8 Å². The van der Waals surface area contributed by atoms with Crippen LogP contribution in [0.3, 0.4) is 0 Å². The molecule has 0 unspecified atom stereocenters. The predicted molar refractivity (Wildman–Crippen MR) is 62.0 cm³/mol. The van der Waals surface area contributed by atoms with Crippen molar-refractivity contribution in [1.82, 2.24) is 0 Å². The second-order valence-electron chi connectivity index (χ2n) is 4.59. The summed E-state index contributed by atoms with van der Waals surface area (Å²) in [6.45, 7) is 1.87. The first kappa shape index (κ1) is 11.4. The van der Waals surface area contributed by atoms with E-state index in [-0.39, 0.29) is 11.9 Å². The van der Waals surface area contributed by atoms with Crippen LogP contribution in [-0.2, 0) is 0 Å². The largest absolute Gasteiger partial charge is 0.487 e. The minimum absolute atomic E-state index is 0.122. The molecule has 1 saturated carbocycles. The maximum Gasteiger partial charge on any atom is 0.165 e. The highest BCUT2D eigenvalue weighted by Crippen LogP contribution is 2.25. The Balaban J connectivity index is 1.98. The Kier molecular flexibility index (Phi) is 3.44. The Bertz CT molecular complexity index is 359. The molecule has 2 rings (SSSR count). The van der Waals surface area contributed by atoms with Crippen LogP contribution in [0.15, 0.2) is 18.2 Å². The van der Waals surface area contributed by atoms with Crippen molar-refractivity contribution in [3.63, 3.8) is 0 Å². The Morgan fingerprint density at radius 1 is 1.25 bits per heavy atom. The van der Waals surface area contributed by atoms with Crippen LogP contribution in [0.2, 0.25) is 0 Å². The van der Waals surface area contributed by atoms with Crippen molar-refractivity contribution < 1.29 is 9.13 Å². The SMILES string of the molecule is Cc1ccc(OC2CCC(N)CC2)c(F)c1. The predicted octanol–water partition coefficient (Wildman–Crippen LogP) is 2.78. The molecule has 1 aromatic rings. The lowest BCUT2D eigenvalue weighted by Gasteiger charge is -2.26. The summed E-state index contributed by atoms with van der Waals surface area (Å²) in [4.78, 5) is 0. The van der Waals surface area contributed by atoms with E-state index in [2.05, 4.69) is 0 Å². The molecule has 1 aliphatic carbocycles. The van der Waals surface area contributed by atoms with Gasteiger partial charge in [0.15, 0.2) is 11.6 Å². The van der Waals surface area contributed by atoms with Crippen LogP contribution in [0, 0.1) is 12.7 Å². The molecule has 0 bridgehead atoms. The highest BCUT2D eigenvalue weighted by atomic mass is 19.1. The standard InChI is InChI=1S/C13H18FNO/c1-9-2-7-13(12(14)8-9)16-11-5-3-10(15)4-6-11/h2,7-8,10-11H,3-6,15H2,1H3. The Morgan fingerprint density at radius 3 is 2.56 bits per heavy atom. The van der Waals surface area contributed by atoms with Gasteiger partial charge in [-0.3, -0.25) is 0 Å². The van der Waals surface area contributed by atoms with Crippen molar-refractivity contribution in [2.75, 3.05) is 0 Å². The van der Waals surface area contributed by atoms with Gasteiger partial charge in [-0.15, -0.1) is 0 Å². The summed E-state index contributed by atoms with van der Waals surface area (Å²) < 4.78 is 19.2. The Morgan fingerprint density at radius 2 is 1.94 bits per heavy atom. The second-order valence-corrected chi connectivity index (χ2v) is 4.59. The third kappa shape index (κ3) is 2.73. The fourth-order valence-corrected chi connectivity index (χ4v) is 2.09. The number of hydrogen-bond acceptors (Lipinski definition) is 2. The van der Waals surface area contributed by atoms with Gasteiger partial charge >= 0.3 is 0 Å². The van der Waals surface area contributed by atoms with E-state index in [9.17, 15) is 4.39 Å². The first-order valence-electron chi connectivity index (χ1n) is 5.83. The molecular weight excluding hydrogens is 205 g/mol. The van der Waals surface area contributed by atoms with Crippen molar-refractivity contribution in [2.45, 2.75) is 44.8 Å². The number of nitrogens with two attached hydrogens (primary N) is 1. The van der Waals surface area contributed by atoms with Crippen molar-refractivity contribution >= 4 is 0 Å². The van der Waals surface area contributed by atoms with Gasteiger partial charge in [0.25, 0.3) is 0 Å². The first-order chi connectivity index (χ1) is 7.65. The van der Waals surface area contributed by atoms with Gasteiger partial charge in [0.1, 0.15) is 0 Å². The Hall–Kier alpha value is -1.09. The molecule has 88 valence electrons. The van der Waals surface area contributed by atoms with E-state index in [4.69, 9.17) is 10.5 Å². The fourth-order valence-electron chi connectivity index (χ4n) is 2.09. The summed E-state index contributed by atoms with van der Waals surface area (Å²) in [5.74, 6) is 0.0981. The van der Waals surface area contributed by atoms with Crippen LogP contribution in [0.5, 0.6) is 5.75 Å². The molecule has 16 heavy (non-hydrogen) atoms. The van der Waals surface area contributed by atoms with Crippen LogP contribution in [0.1, 0.15) is 31.2 Å². The summed E-state index contributed by atoms with van der Waals surface area (Å²) in [5.41, 5.74) is 6.72. The molecule has 0 heterocycles. The molecule has 0 amide bonds. The third-order valence-corrected chi connectivity index (χ3v) is 3.10. The maximum absolute atomic E-state index is 13.5. The highest BCUT2D eigenvalue weighted by Gasteiger charge is 2.20. The van der Waals surface area contributed by atoms with E-state index in [0.717, 1.165) is 31.2 Å². The van der Waals surface area contributed by atoms with Crippen LogP contribution < -0.4 is 10.5 Å². The number of halogens is 1. The van der Waals surface area contributed by atoms with Crippen LogP contribution in [0.25, 0.3) is 0 Å². The zero-order valence-corrected chi connectivity index (χ0v) is 9.58. The molecule has 2 N–H and O–H groups in total. The molecule has 0 radical (unpaired) electrons. The molecule has 0 aliphatic heterocycles. The molecule has 0 aromatic heterocycles. The number of aryl methyl sites for hydroxylation is 1. The third-order valence-electron chi connectivity index (χ3n) is 3.10. The lowest BCUT2D eigenvalue weighted by atomic mass is 9.94.